The summed E-state index contributed by atoms with van der Waals surface area (Å²) in [4.78, 5) is 65.8. The van der Waals surface area contributed by atoms with Crippen LogP contribution in [0.1, 0.15) is 84.9 Å². The van der Waals surface area contributed by atoms with E-state index in [1.54, 1.807) is 13.0 Å². The number of hydrogen-bond acceptors (Lipinski definition) is 12. The molecular formula is C32H28O12. The van der Waals surface area contributed by atoms with Crippen LogP contribution in [0.3, 0.4) is 0 Å². The summed E-state index contributed by atoms with van der Waals surface area (Å²) in [6, 6.07) is 5.45. The molecule has 12 nitrogen and oxygen atoms in total. The van der Waals surface area contributed by atoms with Crippen LogP contribution in [0.5, 0.6) is 23.0 Å². The van der Waals surface area contributed by atoms with Crippen LogP contribution in [-0.2, 0) is 23.8 Å². The first-order chi connectivity index (χ1) is 20.9. The molecule has 0 fully saturated rings. The van der Waals surface area contributed by atoms with E-state index in [9.17, 15) is 29.1 Å². The molecule has 228 valence electrons. The molecule has 0 saturated heterocycles. The molecule has 2 atom stereocenters. The Morgan fingerprint density at radius 1 is 0.682 bits per heavy atom. The molecule has 0 aromatic heterocycles. The molecule has 0 radical (unpaired) electrons. The quantitative estimate of drug-likeness (QED) is 0.247. The van der Waals surface area contributed by atoms with Crippen molar-refractivity contribution in [2.24, 2.45) is 0 Å². The van der Waals surface area contributed by atoms with Crippen molar-refractivity contribution in [3.63, 3.8) is 0 Å². The fourth-order valence-corrected chi connectivity index (χ4v) is 5.96. The number of methoxy groups -OCH3 is 4. The molecule has 3 aromatic carbocycles. The number of aromatic hydroxyl groups is 1. The summed E-state index contributed by atoms with van der Waals surface area (Å²) in [5.41, 5.74) is 0.564. The van der Waals surface area contributed by atoms with Crippen molar-refractivity contribution in [3.8, 4) is 34.1 Å². The van der Waals surface area contributed by atoms with E-state index in [-0.39, 0.29) is 67.3 Å². The lowest BCUT2D eigenvalue weighted by Crippen LogP contribution is -2.29. The van der Waals surface area contributed by atoms with E-state index >= 15 is 0 Å². The highest BCUT2D eigenvalue weighted by atomic mass is 16.6. The van der Waals surface area contributed by atoms with Gasteiger partial charge in [-0.2, -0.15) is 0 Å². The first-order valence-electron chi connectivity index (χ1n) is 13.3. The molecule has 0 unspecified atom stereocenters. The Hall–Kier alpha value is -5.39. The molecule has 0 heterocycles. The lowest BCUT2D eigenvalue weighted by molar-refractivity contribution is -0.167. The summed E-state index contributed by atoms with van der Waals surface area (Å²) in [5, 5.41) is 10.7. The summed E-state index contributed by atoms with van der Waals surface area (Å²) in [5.74, 6) is -3.94. The van der Waals surface area contributed by atoms with E-state index in [2.05, 4.69) is 0 Å². The molecule has 2 aliphatic carbocycles. The first-order valence-corrected chi connectivity index (χ1v) is 13.3. The maximum atomic E-state index is 14.1. The molecule has 12 heteroatoms. The normalized spacial score (nSPS) is 16.1. The van der Waals surface area contributed by atoms with Crippen molar-refractivity contribution in [3.05, 3.63) is 68.8 Å². The van der Waals surface area contributed by atoms with E-state index in [0.29, 0.717) is 5.56 Å². The van der Waals surface area contributed by atoms with Gasteiger partial charge < -0.3 is 33.5 Å². The Labute approximate surface area is 251 Å². The van der Waals surface area contributed by atoms with Crippen LogP contribution >= 0.6 is 0 Å². The fraction of sp³-hybridized carbons (Fsp3) is 0.281. The van der Waals surface area contributed by atoms with Crippen LogP contribution in [-0.4, -0.2) is 63.0 Å². The lowest BCUT2D eigenvalue weighted by atomic mass is 9.74. The number of rotatable bonds is 6. The van der Waals surface area contributed by atoms with E-state index < -0.39 is 47.4 Å². The number of carbonyl (C=O) groups is 5. The van der Waals surface area contributed by atoms with Crippen molar-refractivity contribution in [1.29, 1.82) is 0 Å². The molecule has 0 aliphatic heterocycles. The highest BCUT2D eigenvalue weighted by Crippen LogP contribution is 2.58. The molecule has 1 N–H and O–H groups in total. The molecule has 0 spiro atoms. The number of benzene rings is 3. The van der Waals surface area contributed by atoms with E-state index in [0.717, 1.165) is 6.92 Å². The number of aryl methyl sites for hydroxylation is 1. The average molecular weight is 605 g/mol. The van der Waals surface area contributed by atoms with Gasteiger partial charge in [-0.3, -0.25) is 19.2 Å². The van der Waals surface area contributed by atoms with E-state index in [1.165, 1.54) is 53.6 Å². The third-order valence-corrected chi connectivity index (χ3v) is 7.61. The number of esters is 3. The van der Waals surface area contributed by atoms with E-state index in [1.807, 2.05) is 0 Å². The lowest BCUT2D eigenvalue weighted by Gasteiger charge is -2.37. The summed E-state index contributed by atoms with van der Waals surface area (Å²) in [6.45, 7) is 3.97. The highest BCUT2D eigenvalue weighted by molar-refractivity contribution is 6.31. The van der Waals surface area contributed by atoms with Gasteiger partial charge in [-0.15, -0.1) is 0 Å². The van der Waals surface area contributed by atoms with Crippen LogP contribution in [0.25, 0.3) is 11.1 Å². The smallest absolute Gasteiger partial charge is 0.341 e. The molecule has 0 amide bonds. The first kappa shape index (κ1) is 30.1. The van der Waals surface area contributed by atoms with Gasteiger partial charge >= 0.3 is 17.9 Å². The zero-order valence-corrected chi connectivity index (χ0v) is 24.9. The van der Waals surface area contributed by atoms with Gasteiger partial charge in [0.2, 0.25) is 0 Å². The third kappa shape index (κ3) is 4.41. The molecule has 2 aliphatic rings. The number of ketones is 2. The van der Waals surface area contributed by atoms with Gasteiger partial charge in [-0.1, -0.05) is 6.07 Å². The Morgan fingerprint density at radius 3 is 1.73 bits per heavy atom. The zero-order valence-electron chi connectivity index (χ0n) is 24.9. The van der Waals surface area contributed by atoms with Gasteiger partial charge in [-0.25, -0.2) is 4.79 Å². The summed E-state index contributed by atoms with van der Waals surface area (Å²) < 4.78 is 33.2. The minimum Gasteiger partial charge on any atom is -0.507 e. The molecule has 5 rings (SSSR count). The number of carbonyl (C=O) groups excluding carboxylic acids is 5. The Kier molecular flexibility index (Phi) is 7.54. The van der Waals surface area contributed by atoms with Gasteiger partial charge in [0.15, 0.2) is 23.8 Å². The van der Waals surface area contributed by atoms with Crippen LogP contribution in [0, 0.1) is 6.92 Å². The molecule has 0 saturated carbocycles. The van der Waals surface area contributed by atoms with Crippen molar-refractivity contribution >= 4 is 29.5 Å². The predicted octanol–water partition coefficient (Wildman–Crippen LogP) is 4.18. The molecule has 44 heavy (non-hydrogen) atoms. The van der Waals surface area contributed by atoms with Gasteiger partial charge in [0, 0.05) is 53.3 Å². The minimum absolute atomic E-state index is 0.0130. The van der Waals surface area contributed by atoms with Crippen LogP contribution < -0.4 is 14.2 Å². The summed E-state index contributed by atoms with van der Waals surface area (Å²) >= 11 is 0. The zero-order chi connectivity index (χ0) is 32.2. The Morgan fingerprint density at radius 2 is 1.20 bits per heavy atom. The number of phenols is 1. The number of fused-ring (bicyclic) bond motifs is 5. The summed E-state index contributed by atoms with van der Waals surface area (Å²) in [7, 11) is 5.16. The predicted molar refractivity (Wildman–Crippen MR) is 152 cm³/mol. The van der Waals surface area contributed by atoms with Gasteiger partial charge in [0.05, 0.1) is 39.6 Å². The second kappa shape index (κ2) is 11.0. The minimum atomic E-state index is -1.32. The largest absolute Gasteiger partial charge is 0.507 e. The SMILES string of the molecule is COC(=O)c1c(C)cc2c(c1OC)-c1c(cc3c(c1OC)C(=O)c1cc(OC)cc(O)c1C3=O)[C@H](OC(C)=O)[C@H]2OC(C)=O. The van der Waals surface area contributed by atoms with Crippen molar-refractivity contribution in [2.45, 2.75) is 33.0 Å². The maximum absolute atomic E-state index is 14.1. The van der Waals surface area contributed by atoms with Crippen molar-refractivity contribution < 1.29 is 57.5 Å². The second-order valence-corrected chi connectivity index (χ2v) is 10.1. The standard InChI is InChI=1S/C32H28O12/c1-12-8-18-23(30(40-5)21(12)32(38)42-7)24-19(29(44-14(3)34)28(18)43-13(2)33)11-17-25(31(24)41-6)27(37)16-9-15(39-4)10-20(35)22(16)26(17)36/h8-11,28-29,35H,1-7H3/t28-,29-/m0/s1. The average Bonchev–Trinajstić information content (AvgIpc) is 2.98. The highest BCUT2D eigenvalue weighted by Gasteiger charge is 2.46. The van der Waals surface area contributed by atoms with Crippen LogP contribution in [0.15, 0.2) is 24.3 Å². The van der Waals surface area contributed by atoms with Crippen LogP contribution in [0.4, 0.5) is 0 Å². The van der Waals surface area contributed by atoms with Gasteiger partial charge in [0.1, 0.15) is 28.6 Å². The molecule has 3 aromatic rings. The van der Waals surface area contributed by atoms with Crippen molar-refractivity contribution in [2.75, 3.05) is 28.4 Å². The number of phenolic OH excluding ortho intramolecular Hbond substituents is 1. The molecule has 0 bridgehead atoms. The summed E-state index contributed by atoms with van der Waals surface area (Å²) in [6.07, 6.45) is -2.58. The maximum Gasteiger partial charge on any atom is 0.341 e. The van der Waals surface area contributed by atoms with Crippen LogP contribution in [0.2, 0.25) is 0 Å². The van der Waals surface area contributed by atoms with Gasteiger partial charge in [0.25, 0.3) is 0 Å². The fourth-order valence-electron chi connectivity index (χ4n) is 5.96. The second-order valence-electron chi connectivity index (χ2n) is 10.1. The van der Waals surface area contributed by atoms with Crippen molar-refractivity contribution in [1.82, 2.24) is 0 Å². The van der Waals surface area contributed by atoms with E-state index in [4.69, 9.17) is 28.4 Å². The monoisotopic (exact) mass is 604 g/mol. The Bertz CT molecular complexity index is 1800. The topological polar surface area (TPSA) is 161 Å². The Balaban J connectivity index is 1.97. The number of ether oxygens (including phenoxy) is 6. The third-order valence-electron chi connectivity index (χ3n) is 7.61. The van der Waals surface area contributed by atoms with Gasteiger partial charge in [-0.05, 0) is 24.6 Å². The molecular weight excluding hydrogens is 576 g/mol. The number of hydrogen-bond donors (Lipinski definition) is 1.